The molecule has 16 heavy (non-hydrogen) atoms. The molecule has 8 heteroatoms. The van der Waals surface area contributed by atoms with Gasteiger partial charge in [0.25, 0.3) is 10.1 Å². The minimum atomic E-state index is -3.98. The van der Waals surface area contributed by atoms with Gasteiger partial charge >= 0.3 is 5.97 Å². The third-order valence-electron chi connectivity index (χ3n) is 1.70. The van der Waals surface area contributed by atoms with Crippen LogP contribution in [0.1, 0.15) is 25.7 Å². The number of nitrogens with one attached hydrogen (secondary N) is 1. The zero-order valence-electron chi connectivity index (χ0n) is 8.68. The Morgan fingerprint density at radius 1 is 1.12 bits per heavy atom. The van der Waals surface area contributed by atoms with E-state index in [4.69, 9.17) is 9.66 Å². The van der Waals surface area contributed by atoms with Crippen molar-refractivity contribution < 1.29 is 27.7 Å². The fraction of sp³-hybridized carbons (Fsp3) is 0.750. The molecule has 7 nitrogen and oxygen atoms in total. The van der Waals surface area contributed by atoms with E-state index >= 15 is 0 Å². The topological polar surface area (TPSA) is 121 Å². The van der Waals surface area contributed by atoms with E-state index in [1.807, 2.05) is 0 Å². The molecule has 0 saturated heterocycles. The summed E-state index contributed by atoms with van der Waals surface area (Å²) in [6.45, 7) is 0.145. The Kier molecular flexibility index (Phi) is 6.66. The van der Waals surface area contributed by atoms with E-state index in [2.05, 4.69) is 5.32 Å². The number of amides is 1. The molecule has 1 amide bonds. The third kappa shape index (κ3) is 10.9. The van der Waals surface area contributed by atoms with Crippen molar-refractivity contribution in [3.05, 3.63) is 0 Å². The number of carboxylic acid groups (broad SMARTS) is 1. The molecule has 0 saturated carbocycles. The maximum Gasteiger partial charge on any atom is 0.303 e. The lowest BCUT2D eigenvalue weighted by Crippen LogP contribution is -2.25. The minimum Gasteiger partial charge on any atom is -0.481 e. The normalized spacial score (nSPS) is 11.1. The first kappa shape index (κ1) is 14.8. The summed E-state index contributed by atoms with van der Waals surface area (Å²) in [5, 5.41) is 10.7. The van der Waals surface area contributed by atoms with Crippen LogP contribution in [0.15, 0.2) is 0 Å². The number of hydrogen-bond acceptors (Lipinski definition) is 4. The van der Waals surface area contributed by atoms with Crippen molar-refractivity contribution in [3.8, 4) is 0 Å². The summed E-state index contributed by atoms with van der Waals surface area (Å²) in [5.41, 5.74) is 0. The highest BCUT2D eigenvalue weighted by atomic mass is 32.2. The second kappa shape index (κ2) is 7.18. The molecule has 0 rings (SSSR count). The summed E-state index contributed by atoms with van der Waals surface area (Å²) in [5.74, 6) is -1.68. The quantitative estimate of drug-likeness (QED) is 0.401. The van der Waals surface area contributed by atoms with Crippen LogP contribution in [0.4, 0.5) is 0 Å². The van der Waals surface area contributed by atoms with E-state index in [1.54, 1.807) is 0 Å². The predicted molar refractivity (Wildman–Crippen MR) is 55.5 cm³/mol. The average Bonchev–Trinajstić information content (AvgIpc) is 2.10. The number of carbonyl (C=O) groups is 2. The van der Waals surface area contributed by atoms with E-state index in [9.17, 15) is 18.0 Å². The van der Waals surface area contributed by atoms with Gasteiger partial charge in [-0.05, 0) is 12.8 Å². The average molecular weight is 253 g/mol. The zero-order chi connectivity index (χ0) is 12.6. The van der Waals surface area contributed by atoms with Gasteiger partial charge in [0.15, 0.2) is 0 Å². The Labute approximate surface area is 93.6 Å². The fourth-order valence-electron chi connectivity index (χ4n) is 0.971. The molecular weight excluding hydrogens is 238 g/mol. The number of rotatable bonds is 8. The number of carbonyl (C=O) groups excluding carboxylic acids is 1. The summed E-state index contributed by atoms with van der Waals surface area (Å²) in [7, 11) is -3.98. The Balaban J connectivity index is 3.48. The predicted octanol–water partition coefficient (Wildman–Crippen LogP) is -0.365. The molecule has 0 aromatic rings. The lowest BCUT2D eigenvalue weighted by Gasteiger charge is -2.03. The van der Waals surface area contributed by atoms with E-state index in [0.29, 0.717) is 0 Å². The molecule has 0 atom stereocenters. The second-order valence-electron chi connectivity index (χ2n) is 3.24. The lowest BCUT2D eigenvalue weighted by molar-refractivity contribution is -0.137. The smallest absolute Gasteiger partial charge is 0.303 e. The molecule has 0 unspecified atom stereocenters. The van der Waals surface area contributed by atoms with Crippen LogP contribution in [-0.2, 0) is 19.7 Å². The highest BCUT2D eigenvalue weighted by Gasteiger charge is 2.06. The summed E-state index contributed by atoms with van der Waals surface area (Å²) < 4.78 is 29.0. The maximum absolute atomic E-state index is 11.0. The van der Waals surface area contributed by atoms with Crippen molar-refractivity contribution in [1.29, 1.82) is 0 Å². The number of aliphatic carboxylic acids is 1. The molecule has 0 aliphatic heterocycles. The summed E-state index contributed by atoms with van der Waals surface area (Å²) >= 11 is 0. The summed E-state index contributed by atoms with van der Waals surface area (Å²) in [6.07, 6.45) is 0.402. The van der Waals surface area contributed by atoms with Gasteiger partial charge in [0.1, 0.15) is 0 Å². The largest absolute Gasteiger partial charge is 0.481 e. The molecule has 0 aliphatic rings. The molecule has 94 valence electrons. The van der Waals surface area contributed by atoms with Gasteiger partial charge < -0.3 is 10.4 Å². The fourth-order valence-corrected chi connectivity index (χ4v) is 1.48. The van der Waals surface area contributed by atoms with Gasteiger partial charge in [-0.25, -0.2) is 0 Å². The maximum atomic E-state index is 11.0. The van der Waals surface area contributed by atoms with Crippen LogP contribution < -0.4 is 5.32 Å². The van der Waals surface area contributed by atoms with Crippen molar-refractivity contribution in [2.45, 2.75) is 25.7 Å². The zero-order valence-corrected chi connectivity index (χ0v) is 9.49. The number of hydrogen-bond donors (Lipinski definition) is 3. The molecule has 0 bridgehead atoms. The highest BCUT2D eigenvalue weighted by molar-refractivity contribution is 7.85. The van der Waals surface area contributed by atoms with Crippen LogP contribution in [0.5, 0.6) is 0 Å². The van der Waals surface area contributed by atoms with Gasteiger partial charge in [-0.3, -0.25) is 14.1 Å². The van der Waals surface area contributed by atoms with Gasteiger partial charge in [-0.2, -0.15) is 8.42 Å². The molecule has 0 spiro atoms. The molecule has 0 heterocycles. The summed E-state index contributed by atoms with van der Waals surface area (Å²) in [4.78, 5) is 21.2. The van der Waals surface area contributed by atoms with Crippen LogP contribution in [0.3, 0.4) is 0 Å². The van der Waals surface area contributed by atoms with Crippen molar-refractivity contribution in [3.63, 3.8) is 0 Å². The van der Waals surface area contributed by atoms with Crippen LogP contribution in [0, 0.1) is 0 Å². The van der Waals surface area contributed by atoms with Gasteiger partial charge in [0.05, 0.1) is 5.75 Å². The monoisotopic (exact) mass is 253 g/mol. The van der Waals surface area contributed by atoms with Crippen LogP contribution >= 0.6 is 0 Å². The van der Waals surface area contributed by atoms with Gasteiger partial charge in [-0.1, -0.05) is 0 Å². The van der Waals surface area contributed by atoms with Crippen molar-refractivity contribution in [2.75, 3.05) is 12.3 Å². The van der Waals surface area contributed by atoms with Crippen LogP contribution in [0.25, 0.3) is 0 Å². The van der Waals surface area contributed by atoms with Crippen LogP contribution in [0.2, 0.25) is 0 Å². The SMILES string of the molecule is O=C(O)CCCC(=O)NCCCS(=O)(=O)O. The Hall–Kier alpha value is -1.15. The highest BCUT2D eigenvalue weighted by Crippen LogP contribution is 1.95. The molecule has 0 aromatic carbocycles. The second-order valence-corrected chi connectivity index (χ2v) is 4.81. The van der Waals surface area contributed by atoms with Crippen molar-refractivity contribution >= 4 is 22.0 Å². The van der Waals surface area contributed by atoms with E-state index in [-0.39, 0.29) is 38.1 Å². The first-order valence-corrected chi connectivity index (χ1v) is 6.36. The first-order chi connectivity index (χ1) is 7.31. The van der Waals surface area contributed by atoms with Crippen LogP contribution in [-0.4, -0.2) is 42.3 Å². The Morgan fingerprint density at radius 2 is 1.75 bits per heavy atom. The standard InChI is InChI=1S/C8H15NO6S/c10-7(3-1-4-8(11)12)9-5-2-6-16(13,14)15/h1-6H2,(H,9,10)(H,11,12)(H,13,14,15). The van der Waals surface area contributed by atoms with Gasteiger partial charge in [0.2, 0.25) is 5.91 Å². The first-order valence-electron chi connectivity index (χ1n) is 4.75. The minimum absolute atomic E-state index is 0.0710. The van der Waals surface area contributed by atoms with Crippen molar-refractivity contribution in [1.82, 2.24) is 5.32 Å². The molecule has 0 aliphatic carbocycles. The van der Waals surface area contributed by atoms with E-state index in [0.717, 1.165) is 0 Å². The summed E-state index contributed by atoms with van der Waals surface area (Å²) in [6, 6.07) is 0. The van der Waals surface area contributed by atoms with Gasteiger partial charge in [-0.15, -0.1) is 0 Å². The molecular formula is C8H15NO6S. The van der Waals surface area contributed by atoms with Crippen molar-refractivity contribution in [2.24, 2.45) is 0 Å². The van der Waals surface area contributed by atoms with E-state index < -0.39 is 21.8 Å². The Bertz CT molecular complexity index is 336. The molecule has 3 N–H and O–H groups in total. The molecule has 0 aromatic heterocycles. The van der Waals surface area contributed by atoms with E-state index in [1.165, 1.54) is 0 Å². The van der Waals surface area contributed by atoms with Gasteiger partial charge in [0, 0.05) is 19.4 Å². The molecule has 0 radical (unpaired) electrons. The molecule has 0 fully saturated rings. The lowest BCUT2D eigenvalue weighted by atomic mass is 10.2. The number of carboxylic acids is 1. The Morgan fingerprint density at radius 3 is 2.25 bits per heavy atom. The third-order valence-corrected chi connectivity index (χ3v) is 2.50.